The highest BCUT2D eigenvalue weighted by Gasteiger charge is 2.12. The minimum atomic E-state index is -0.158. The third-order valence-corrected chi connectivity index (χ3v) is 5.33. The van der Waals surface area contributed by atoms with E-state index in [2.05, 4.69) is 46.5 Å². The number of aromatic amines is 1. The van der Waals surface area contributed by atoms with E-state index >= 15 is 0 Å². The molecule has 0 aliphatic heterocycles. The summed E-state index contributed by atoms with van der Waals surface area (Å²) in [6.45, 7) is 0.383. The Morgan fingerprint density at radius 1 is 1.03 bits per heavy atom. The second-order valence-corrected chi connectivity index (χ2v) is 7.61. The third kappa shape index (κ3) is 4.05. The molecule has 0 amide bonds. The quantitative estimate of drug-likeness (QED) is 0.549. The molecular formula is C25H22N4O2. The zero-order valence-corrected chi connectivity index (χ0v) is 17.2. The maximum Gasteiger partial charge on any atom is 0.248 e. The van der Waals surface area contributed by atoms with Crippen molar-refractivity contribution in [2.45, 2.75) is 19.4 Å². The van der Waals surface area contributed by atoms with Crippen molar-refractivity contribution in [1.82, 2.24) is 19.7 Å². The van der Waals surface area contributed by atoms with Gasteiger partial charge in [0.15, 0.2) is 0 Å². The van der Waals surface area contributed by atoms with Crippen molar-refractivity contribution in [2.24, 2.45) is 7.05 Å². The highest BCUT2D eigenvalue weighted by molar-refractivity contribution is 5.67. The standard InChI is InChI=1S/C25H22N4O2/c1-29-15-21(20-12-13-26-24(30)14-20)25(28-29)31-16-17-6-8-19(9-7-17)23-11-10-18-4-2-3-5-22(18)27-23/h4-15H,2-3,16H2,1H3,(H,26,30). The molecule has 0 spiro atoms. The number of H-pyrrole nitrogens is 1. The molecule has 0 saturated carbocycles. The van der Waals surface area contributed by atoms with Gasteiger partial charge in [0, 0.05) is 31.1 Å². The van der Waals surface area contributed by atoms with Gasteiger partial charge in [0.05, 0.1) is 16.6 Å². The van der Waals surface area contributed by atoms with E-state index in [9.17, 15) is 4.79 Å². The number of rotatable bonds is 5. The summed E-state index contributed by atoms with van der Waals surface area (Å²) in [7, 11) is 1.83. The van der Waals surface area contributed by atoms with Crippen LogP contribution >= 0.6 is 0 Å². The van der Waals surface area contributed by atoms with Gasteiger partial charge in [0.25, 0.3) is 0 Å². The van der Waals surface area contributed by atoms with E-state index in [0.29, 0.717) is 12.5 Å². The summed E-state index contributed by atoms with van der Waals surface area (Å²) >= 11 is 0. The number of benzene rings is 1. The van der Waals surface area contributed by atoms with E-state index in [1.807, 2.05) is 31.4 Å². The molecule has 3 heterocycles. The van der Waals surface area contributed by atoms with E-state index in [-0.39, 0.29) is 5.56 Å². The van der Waals surface area contributed by atoms with Gasteiger partial charge in [-0.1, -0.05) is 42.5 Å². The van der Waals surface area contributed by atoms with Gasteiger partial charge in [-0.25, -0.2) is 4.98 Å². The van der Waals surface area contributed by atoms with E-state index in [1.165, 1.54) is 5.22 Å². The van der Waals surface area contributed by atoms with Crippen molar-refractivity contribution >= 4 is 12.2 Å². The van der Waals surface area contributed by atoms with Crippen LogP contribution in [0.5, 0.6) is 5.88 Å². The predicted molar refractivity (Wildman–Crippen MR) is 121 cm³/mol. The monoisotopic (exact) mass is 410 g/mol. The van der Waals surface area contributed by atoms with Crippen LogP contribution in [0.15, 0.2) is 65.7 Å². The molecule has 4 aromatic rings. The Kier molecular flexibility index (Phi) is 4.96. The summed E-state index contributed by atoms with van der Waals surface area (Å²) < 4.78 is 7.68. The van der Waals surface area contributed by atoms with Crippen molar-refractivity contribution in [2.75, 3.05) is 0 Å². The van der Waals surface area contributed by atoms with Crippen molar-refractivity contribution in [1.29, 1.82) is 0 Å². The molecule has 1 aliphatic rings. The second-order valence-electron chi connectivity index (χ2n) is 7.61. The summed E-state index contributed by atoms with van der Waals surface area (Å²) in [4.78, 5) is 19.1. The maximum atomic E-state index is 11.7. The van der Waals surface area contributed by atoms with Crippen molar-refractivity contribution < 1.29 is 4.74 Å². The number of pyridine rings is 2. The molecule has 6 heteroatoms. The SMILES string of the molecule is Cn1cc(-c2cc[nH]c(=O)c2)c(OCc2ccc(-c3ccc4c(n3)=CCCC=4)cc2)n1. The molecule has 1 N–H and O–H groups in total. The number of aromatic nitrogens is 4. The third-order valence-electron chi connectivity index (χ3n) is 5.33. The van der Waals surface area contributed by atoms with Gasteiger partial charge in [0.2, 0.25) is 11.4 Å². The summed E-state index contributed by atoms with van der Waals surface area (Å²) in [5.74, 6) is 0.500. The second kappa shape index (κ2) is 8.07. The van der Waals surface area contributed by atoms with Crippen molar-refractivity contribution in [3.05, 3.63) is 87.4 Å². The van der Waals surface area contributed by atoms with E-state index in [0.717, 1.165) is 46.1 Å². The van der Waals surface area contributed by atoms with Gasteiger partial charge in [-0.3, -0.25) is 9.48 Å². The van der Waals surface area contributed by atoms with Crippen LogP contribution in [-0.4, -0.2) is 19.7 Å². The lowest BCUT2D eigenvalue weighted by Gasteiger charge is -2.08. The first-order chi connectivity index (χ1) is 15.2. The molecule has 0 bridgehead atoms. The lowest BCUT2D eigenvalue weighted by atomic mass is 10.1. The highest BCUT2D eigenvalue weighted by Crippen LogP contribution is 2.28. The van der Waals surface area contributed by atoms with Crippen LogP contribution in [-0.2, 0) is 13.7 Å². The predicted octanol–water partition coefficient (Wildman–Crippen LogP) is 2.77. The molecule has 0 radical (unpaired) electrons. The Bertz CT molecular complexity index is 1420. The first-order valence-electron chi connectivity index (χ1n) is 10.3. The van der Waals surface area contributed by atoms with E-state index < -0.39 is 0 Å². The summed E-state index contributed by atoms with van der Waals surface area (Å²) in [6.07, 6.45) is 10.0. The fraction of sp³-hybridized carbons (Fsp3) is 0.160. The summed E-state index contributed by atoms with van der Waals surface area (Å²) in [5, 5.41) is 6.69. The topological polar surface area (TPSA) is 72.8 Å². The minimum absolute atomic E-state index is 0.158. The van der Waals surface area contributed by atoms with E-state index in [4.69, 9.17) is 9.72 Å². The zero-order chi connectivity index (χ0) is 21.2. The molecule has 154 valence electrons. The number of hydrogen-bond acceptors (Lipinski definition) is 4. The lowest BCUT2D eigenvalue weighted by molar-refractivity contribution is 0.292. The average Bonchev–Trinajstić information content (AvgIpc) is 3.18. The normalized spacial score (nSPS) is 12.5. The van der Waals surface area contributed by atoms with Gasteiger partial charge in [0.1, 0.15) is 6.61 Å². The van der Waals surface area contributed by atoms with Gasteiger partial charge in [-0.15, -0.1) is 5.10 Å². The van der Waals surface area contributed by atoms with Gasteiger partial charge >= 0.3 is 0 Å². The molecule has 0 unspecified atom stereocenters. The van der Waals surface area contributed by atoms with Crippen molar-refractivity contribution in [3.8, 4) is 28.3 Å². The number of nitrogens with one attached hydrogen (secondary N) is 1. The first kappa shape index (κ1) is 19.1. The lowest BCUT2D eigenvalue weighted by Crippen LogP contribution is -2.29. The Labute approximate surface area is 179 Å². The molecule has 3 aromatic heterocycles. The van der Waals surface area contributed by atoms with E-state index in [1.54, 1.807) is 16.9 Å². The summed E-state index contributed by atoms with van der Waals surface area (Å²) in [5.41, 5.74) is 4.48. The fourth-order valence-electron chi connectivity index (χ4n) is 3.75. The van der Waals surface area contributed by atoms with Crippen LogP contribution < -0.4 is 20.9 Å². The molecule has 0 fully saturated rings. The molecule has 31 heavy (non-hydrogen) atoms. The Balaban J connectivity index is 1.34. The molecular weight excluding hydrogens is 388 g/mol. The Hall–Kier alpha value is -3.93. The number of hydrogen-bond donors (Lipinski definition) is 1. The number of aryl methyl sites for hydroxylation is 1. The van der Waals surface area contributed by atoms with Crippen LogP contribution in [0, 0.1) is 0 Å². The zero-order valence-electron chi connectivity index (χ0n) is 17.2. The Morgan fingerprint density at radius 3 is 2.71 bits per heavy atom. The highest BCUT2D eigenvalue weighted by atomic mass is 16.5. The summed E-state index contributed by atoms with van der Waals surface area (Å²) in [6, 6.07) is 15.8. The smallest absolute Gasteiger partial charge is 0.248 e. The molecule has 6 nitrogen and oxygen atoms in total. The number of ether oxygens (including phenoxy) is 1. The van der Waals surface area contributed by atoms with Gasteiger partial charge in [-0.05, 0) is 41.3 Å². The van der Waals surface area contributed by atoms with Crippen molar-refractivity contribution in [3.63, 3.8) is 0 Å². The number of fused-ring (bicyclic) bond motifs is 1. The van der Waals surface area contributed by atoms with Crippen LogP contribution in [0.2, 0.25) is 0 Å². The first-order valence-corrected chi connectivity index (χ1v) is 10.3. The Morgan fingerprint density at radius 2 is 1.87 bits per heavy atom. The number of nitrogens with zero attached hydrogens (tertiary/aromatic N) is 3. The maximum absolute atomic E-state index is 11.7. The van der Waals surface area contributed by atoms with Crippen LogP contribution in [0.4, 0.5) is 0 Å². The van der Waals surface area contributed by atoms with Crippen LogP contribution in [0.3, 0.4) is 0 Å². The molecule has 5 rings (SSSR count). The van der Waals surface area contributed by atoms with Gasteiger partial charge < -0.3 is 9.72 Å². The largest absolute Gasteiger partial charge is 0.471 e. The van der Waals surface area contributed by atoms with Crippen LogP contribution in [0.25, 0.3) is 34.5 Å². The minimum Gasteiger partial charge on any atom is -0.471 e. The van der Waals surface area contributed by atoms with Gasteiger partial charge in [-0.2, -0.15) is 0 Å². The molecule has 0 saturated heterocycles. The van der Waals surface area contributed by atoms with Crippen LogP contribution in [0.1, 0.15) is 18.4 Å². The average molecular weight is 410 g/mol. The molecule has 1 aromatic carbocycles. The fourth-order valence-corrected chi connectivity index (χ4v) is 3.75. The molecule has 1 aliphatic carbocycles. The molecule has 0 atom stereocenters.